The molecule has 0 saturated heterocycles. The number of aliphatic imine (C=N–C) groups is 1. The third-order valence-electron chi connectivity index (χ3n) is 2.97. The zero-order valence-corrected chi connectivity index (χ0v) is 12.8. The average Bonchev–Trinajstić information content (AvgIpc) is 2.86. The molecule has 0 radical (unpaired) electrons. The highest BCUT2D eigenvalue weighted by Crippen LogP contribution is 2.26. The molecule has 8 heteroatoms. The van der Waals surface area contributed by atoms with Crippen molar-refractivity contribution in [3.05, 3.63) is 23.2 Å². The van der Waals surface area contributed by atoms with E-state index >= 15 is 0 Å². The van der Waals surface area contributed by atoms with Gasteiger partial charge in [-0.15, -0.1) is 11.3 Å². The second kappa shape index (κ2) is 6.52. The SMILES string of the molecule is CCC(/N=C(\C)c1nc2ccc(NC(=O)O)cc2s1)C(=O)O. The molecular formula is C14H15N3O4S. The molecule has 1 unspecified atom stereocenters. The van der Waals surface area contributed by atoms with Crippen LogP contribution in [0.5, 0.6) is 0 Å². The van der Waals surface area contributed by atoms with Crippen LogP contribution in [0.4, 0.5) is 10.5 Å². The Bertz CT molecular complexity index is 754. The number of thiazole rings is 1. The lowest BCUT2D eigenvalue weighted by Gasteiger charge is -2.04. The topological polar surface area (TPSA) is 112 Å². The van der Waals surface area contributed by atoms with Crippen LogP contribution in [0, 0.1) is 0 Å². The summed E-state index contributed by atoms with van der Waals surface area (Å²) >= 11 is 1.34. The molecule has 0 bridgehead atoms. The van der Waals surface area contributed by atoms with Crippen LogP contribution in [-0.4, -0.2) is 39.0 Å². The van der Waals surface area contributed by atoms with Gasteiger partial charge in [0.25, 0.3) is 0 Å². The predicted molar refractivity (Wildman–Crippen MR) is 85.2 cm³/mol. The zero-order chi connectivity index (χ0) is 16.3. The van der Waals surface area contributed by atoms with E-state index in [1.165, 1.54) is 11.3 Å². The molecule has 3 N–H and O–H groups in total. The quantitative estimate of drug-likeness (QED) is 0.733. The van der Waals surface area contributed by atoms with Gasteiger partial charge < -0.3 is 10.2 Å². The number of nitrogens with one attached hydrogen (secondary N) is 1. The Morgan fingerprint density at radius 2 is 2.14 bits per heavy atom. The van der Waals surface area contributed by atoms with Gasteiger partial charge in [0, 0.05) is 5.69 Å². The van der Waals surface area contributed by atoms with Crippen molar-refractivity contribution in [2.24, 2.45) is 4.99 Å². The van der Waals surface area contributed by atoms with Gasteiger partial charge in [0.2, 0.25) is 0 Å². The summed E-state index contributed by atoms with van der Waals surface area (Å²) in [6.07, 6.45) is -0.723. The van der Waals surface area contributed by atoms with Gasteiger partial charge in [0.05, 0.1) is 15.9 Å². The van der Waals surface area contributed by atoms with Crippen LogP contribution in [-0.2, 0) is 4.79 Å². The molecule has 0 aliphatic heterocycles. The van der Waals surface area contributed by atoms with Gasteiger partial charge in [-0.25, -0.2) is 14.6 Å². The molecule has 1 atom stereocenters. The number of aliphatic carboxylic acids is 1. The first-order valence-electron chi connectivity index (χ1n) is 6.58. The number of carbonyl (C=O) groups is 2. The van der Waals surface area contributed by atoms with Crippen molar-refractivity contribution in [2.45, 2.75) is 26.3 Å². The van der Waals surface area contributed by atoms with Crippen molar-refractivity contribution >= 4 is 45.0 Å². The van der Waals surface area contributed by atoms with Crippen molar-refractivity contribution in [1.29, 1.82) is 0 Å². The molecule has 2 rings (SSSR count). The van der Waals surface area contributed by atoms with E-state index in [-0.39, 0.29) is 0 Å². The second-order valence-electron chi connectivity index (χ2n) is 4.61. The van der Waals surface area contributed by atoms with E-state index in [0.29, 0.717) is 28.3 Å². The van der Waals surface area contributed by atoms with Crippen LogP contribution in [0.25, 0.3) is 10.2 Å². The summed E-state index contributed by atoms with van der Waals surface area (Å²) in [5.41, 5.74) is 1.74. The van der Waals surface area contributed by atoms with Crippen molar-refractivity contribution < 1.29 is 19.8 Å². The highest BCUT2D eigenvalue weighted by atomic mass is 32.1. The summed E-state index contributed by atoms with van der Waals surface area (Å²) in [6.45, 7) is 3.48. The largest absolute Gasteiger partial charge is 0.480 e. The molecule has 0 fully saturated rings. The minimum Gasteiger partial charge on any atom is -0.480 e. The van der Waals surface area contributed by atoms with E-state index in [2.05, 4.69) is 15.3 Å². The normalized spacial score (nSPS) is 13.1. The number of nitrogens with zero attached hydrogens (tertiary/aromatic N) is 2. The van der Waals surface area contributed by atoms with Crippen molar-refractivity contribution in [3.8, 4) is 0 Å². The van der Waals surface area contributed by atoms with Crippen molar-refractivity contribution in [2.75, 3.05) is 5.32 Å². The summed E-state index contributed by atoms with van der Waals surface area (Å²) in [5, 5.41) is 20.7. The number of benzene rings is 1. The number of hydrogen-bond acceptors (Lipinski definition) is 5. The number of carboxylic acids is 1. The number of rotatable bonds is 5. The van der Waals surface area contributed by atoms with E-state index in [9.17, 15) is 9.59 Å². The summed E-state index contributed by atoms with van der Waals surface area (Å²) in [5.74, 6) is -0.962. The smallest absolute Gasteiger partial charge is 0.409 e. The maximum absolute atomic E-state index is 11.0. The Morgan fingerprint density at radius 1 is 1.41 bits per heavy atom. The maximum Gasteiger partial charge on any atom is 0.409 e. The maximum atomic E-state index is 11.0. The van der Waals surface area contributed by atoms with Crippen LogP contribution < -0.4 is 5.32 Å². The van der Waals surface area contributed by atoms with Crippen LogP contribution in [0.15, 0.2) is 23.2 Å². The molecule has 0 spiro atoms. The lowest BCUT2D eigenvalue weighted by atomic mass is 10.2. The van der Waals surface area contributed by atoms with Crippen LogP contribution in [0.2, 0.25) is 0 Å². The fourth-order valence-corrected chi connectivity index (χ4v) is 2.85. The molecule has 7 nitrogen and oxygen atoms in total. The number of anilines is 1. The predicted octanol–water partition coefficient (Wildman–Crippen LogP) is 3.06. The molecule has 116 valence electrons. The van der Waals surface area contributed by atoms with Gasteiger partial charge in [-0.05, 0) is 31.5 Å². The lowest BCUT2D eigenvalue weighted by molar-refractivity contribution is -0.138. The fourth-order valence-electron chi connectivity index (χ4n) is 1.89. The third-order valence-corrected chi connectivity index (χ3v) is 4.10. The molecular weight excluding hydrogens is 306 g/mol. The van der Waals surface area contributed by atoms with E-state index in [0.717, 1.165) is 4.70 Å². The number of amides is 1. The number of fused-ring (bicyclic) bond motifs is 1. The Balaban J connectivity index is 2.34. The molecule has 2 aromatic rings. The summed E-state index contributed by atoms with van der Waals surface area (Å²) in [6, 6.07) is 4.24. The van der Waals surface area contributed by atoms with Gasteiger partial charge in [-0.1, -0.05) is 6.92 Å². The summed E-state index contributed by atoms with van der Waals surface area (Å²) < 4.78 is 0.805. The minimum atomic E-state index is -1.13. The average molecular weight is 321 g/mol. The highest BCUT2D eigenvalue weighted by molar-refractivity contribution is 7.20. The number of carboxylic acid groups (broad SMARTS) is 2. The first-order valence-corrected chi connectivity index (χ1v) is 7.40. The van der Waals surface area contributed by atoms with Crippen LogP contribution >= 0.6 is 11.3 Å². The second-order valence-corrected chi connectivity index (χ2v) is 5.64. The molecule has 0 saturated carbocycles. The summed E-state index contributed by atoms with van der Waals surface area (Å²) in [7, 11) is 0. The van der Waals surface area contributed by atoms with Crippen LogP contribution in [0.3, 0.4) is 0 Å². The van der Waals surface area contributed by atoms with Gasteiger partial charge in [-0.3, -0.25) is 10.3 Å². The Labute approximate surface area is 130 Å². The first-order chi connectivity index (χ1) is 10.4. The van der Waals surface area contributed by atoms with Crippen molar-refractivity contribution in [3.63, 3.8) is 0 Å². The van der Waals surface area contributed by atoms with Crippen molar-refractivity contribution in [1.82, 2.24) is 4.98 Å². The van der Waals surface area contributed by atoms with Gasteiger partial charge >= 0.3 is 12.1 Å². The van der Waals surface area contributed by atoms with Gasteiger partial charge in [0.15, 0.2) is 0 Å². The molecule has 0 aliphatic carbocycles. The van der Waals surface area contributed by atoms with Gasteiger partial charge in [-0.2, -0.15) is 0 Å². The summed E-state index contributed by atoms with van der Waals surface area (Å²) in [4.78, 5) is 30.3. The molecule has 1 aromatic heterocycles. The van der Waals surface area contributed by atoms with E-state index in [4.69, 9.17) is 10.2 Å². The molecule has 22 heavy (non-hydrogen) atoms. The Kier molecular flexibility index (Phi) is 4.71. The fraction of sp³-hybridized carbons (Fsp3) is 0.286. The van der Waals surface area contributed by atoms with Crippen LogP contribution in [0.1, 0.15) is 25.3 Å². The van der Waals surface area contributed by atoms with E-state index in [1.807, 2.05) is 0 Å². The number of hydrogen-bond donors (Lipinski definition) is 3. The standard InChI is InChI=1S/C14H15N3O4S/c1-3-9(13(18)19)15-7(2)12-17-10-5-4-8(16-14(20)21)6-11(10)22-12/h4-6,9,16H,3H2,1-2H3,(H,18,19)(H,20,21)/b15-7+. The lowest BCUT2D eigenvalue weighted by Crippen LogP contribution is -2.18. The van der Waals surface area contributed by atoms with E-state index in [1.54, 1.807) is 32.0 Å². The monoisotopic (exact) mass is 321 g/mol. The molecule has 1 aromatic carbocycles. The molecule has 0 aliphatic rings. The first kappa shape index (κ1) is 15.9. The van der Waals surface area contributed by atoms with E-state index < -0.39 is 18.1 Å². The number of aromatic nitrogens is 1. The molecule has 1 amide bonds. The third kappa shape index (κ3) is 3.59. The minimum absolute atomic E-state index is 0.407. The zero-order valence-electron chi connectivity index (χ0n) is 12.0. The molecule has 1 heterocycles. The Hall–Kier alpha value is -2.48. The van der Waals surface area contributed by atoms with Gasteiger partial charge in [0.1, 0.15) is 11.0 Å². The Morgan fingerprint density at radius 3 is 2.73 bits per heavy atom. The highest BCUT2D eigenvalue weighted by Gasteiger charge is 2.15.